The Balaban J connectivity index is 1.91. The molecule has 0 saturated carbocycles. The second-order valence-electron chi connectivity index (χ2n) is 4.63. The van der Waals surface area contributed by atoms with Crippen molar-refractivity contribution in [3.05, 3.63) is 34.9 Å². The molecule has 0 radical (unpaired) electrons. The van der Waals surface area contributed by atoms with Crippen LogP contribution in [0.15, 0.2) is 24.3 Å². The molecule has 2 N–H and O–H groups in total. The average molecular weight is 240 g/mol. The van der Waals surface area contributed by atoms with Crippen LogP contribution in [-0.4, -0.2) is 23.8 Å². The van der Waals surface area contributed by atoms with Crippen molar-refractivity contribution in [3.8, 4) is 0 Å². The van der Waals surface area contributed by atoms with E-state index < -0.39 is 5.60 Å². The van der Waals surface area contributed by atoms with Crippen LogP contribution in [-0.2, 0) is 6.42 Å². The molecule has 1 aromatic carbocycles. The Hall–Kier alpha value is -0.570. The summed E-state index contributed by atoms with van der Waals surface area (Å²) >= 11 is 5.93. The fraction of sp³-hybridized carbons (Fsp3) is 0.538. The molecule has 1 aromatic rings. The molecule has 1 unspecified atom stereocenters. The minimum Gasteiger partial charge on any atom is -0.389 e. The molecule has 1 heterocycles. The quantitative estimate of drug-likeness (QED) is 0.849. The van der Waals surface area contributed by atoms with Crippen molar-refractivity contribution in [1.82, 2.24) is 5.32 Å². The van der Waals surface area contributed by atoms with Gasteiger partial charge in [0.1, 0.15) is 0 Å². The van der Waals surface area contributed by atoms with Gasteiger partial charge in [-0.15, -0.1) is 0 Å². The molecule has 0 bridgehead atoms. The Bertz CT molecular complexity index is 348. The summed E-state index contributed by atoms with van der Waals surface area (Å²) < 4.78 is 0. The van der Waals surface area contributed by atoms with Gasteiger partial charge in [-0.2, -0.15) is 0 Å². The molecular formula is C13H18ClNO. The Morgan fingerprint density at radius 1 is 1.44 bits per heavy atom. The average Bonchev–Trinajstić information content (AvgIpc) is 2.28. The predicted octanol–water partition coefficient (Wildman–Crippen LogP) is 2.39. The van der Waals surface area contributed by atoms with E-state index in [-0.39, 0.29) is 0 Å². The third-order valence-corrected chi connectivity index (χ3v) is 3.45. The van der Waals surface area contributed by atoms with Crippen molar-refractivity contribution in [1.29, 1.82) is 0 Å². The van der Waals surface area contributed by atoms with Crippen LogP contribution in [0.2, 0.25) is 5.02 Å². The van der Waals surface area contributed by atoms with Gasteiger partial charge in [0.15, 0.2) is 0 Å². The maximum Gasteiger partial charge on any atom is 0.0775 e. The Labute approximate surface area is 102 Å². The third kappa shape index (κ3) is 3.21. The molecule has 1 saturated heterocycles. The van der Waals surface area contributed by atoms with E-state index in [0.717, 1.165) is 37.3 Å². The van der Waals surface area contributed by atoms with E-state index >= 15 is 0 Å². The van der Waals surface area contributed by atoms with Crippen LogP contribution >= 0.6 is 11.6 Å². The lowest BCUT2D eigenvalue weighted by molar-refractivity contribution is 0.00888. The molecule has 1 aliphatic rings. The van der Waals surface area contributed by atoms with Crippen LogP contribution < -0.4 is 5.32 Å². The van der Waals surface area contributed by atoms with E-state index in [1.807, 2.05) is 18.2 Å². The summed E-state index contributed by atoms with van der Waals surface area (Å²) in [6.45, 7) is 1.74. The number of nitrogens with one attached hydrogen (secondary N) is 1. The third-order valence-electron chi connectivity index (χ3n) is 3.22. The number of aryl methyl sites for hydroxylation is 1. The van der Waals surface area contributed by atoms with E-state index in [1.54, 1.807) is 0 Å². The fourth-order valence-corrected chi connectivity index (χ4v) is 2.45. The number of hydrogen-bond donors (Lipinski definition) is 2. The van der Waals surface area contributed by atoms with Crippen molar-refractivity contribution in [3.63, 3.8) is 0 Å². The maximum absolute atomic E-state index is 10.3. The van der Waals surface area contributed by atoms with E-state index in [9.17, 15) is 5.11 Å². The van der Waals surface area contributed by atoms with E-state index in [4.69, 9.17) is 11.6 Å². The summed E-state index contributed by atoms with van der Waals surface area (Å²) in [6.07, 6.45) is 3.66. The standard InChI is InChI=1S/C13H18ClNO/c14-12-4-1-3-11(9-12)5-7-13(16)6-2-8-15-10-13/h1,3-4,9,15-16H,2,5-8,10H2. The van der Waals surface area contributed by atoms with Gasteiger partial charge in [-0.05, 0) is 49.9 Å². The number of benzene rings is 1. The van der Waals surface area contributed by atoms with Gasteiger partial charge in [-0.1, -0.05) is 23.7 Å². The minimum absolute atomic E-state index is 0.527. The maximum atomic E-state index is 10.3. The number of rotatable bonds is 3. The highest BCUT2D eigenvalue weighted by Crippen LogP contribution is 2.23. The molecule has 88 valence electrons. The molecule has 1 atom stereocenters. The lowest BCUT2D eigenvalue weighted by atomic mass is 9.88. The fourth-order valence-electron chi connectivity index (χ4n) is 2.23. The molecule has 0 spiro atoms. The van der Waals surface area contributed by atoms with Crippen LogP contribution in [0, 0.1) is 0 Å². The number of hydrogen-bond acceptors (Lipinski definition) is 2. The number of β-amino-alcohol motifs (C(OH)–C–C–N with tert-alkyl or cyclic N) is 1. The van der Waals surface area contributed by atoms with Gasteiger partial charge in [0.2, 0.25) is 0 Å². The van der Waals surface area contributed by atoms with Crippen molar-refractivity contribution < 1.29 is 5.11 Å². The zero-order chi connectivity index (χ0) is 11.4. The summed E-state index contributed by atoms with van der Waals surface area (Å²) in [5.41, 5.74) is 0.673. The van der Waals surface area contributed by atoms with Crippen molar-refractivity contribution in [2.24, 2.45) is 0 Å². The molecule has 0 aliphatic carbocycles. The highest BCUT2D eigenvalue weighted by molar-refractivity contribution is 6.30. The number of piperidine rings is 1. The summed E-state index contributed by atoms with van der Waals surface area (Å²) in [4.78, 5) is 0. The monoisotopic (exact) mass is 239 g/mol. The smallest absolute Gasteiger partial charge is 0.0775 e. The van der Waals surface area contributed by atoms with Gasteiger partial charge in [0.05, 0.1) is 5.60 Å². The number of halogens is 1. The first kappa shape index (κ1) is 11.9. The van der Waals surface area contributed by atoms with Crippen molar-refractivity contribution in [2.45, 2.75) is 31.3 Å². The first-order valence-corrected chi connectivity index (χ1v) is 6.23. The first-order valence-electron chi connectivity index (χ1n) is 5.86. The van der Waals surface area contributed by atoms with E-state index in [0.29, 0.717) is 6.54 Å². The highest BCUT2D eigenvalue weighted by Gasteiger charge is 2.28. The SMILES string of the molecule is OC1(CCc2cccc(Cl)c2)CCCNC1. The van der Waals surface area contributed by atoms with Crippen LogP contribution in [0.25, 0.3) is 0 Å². The summed E-state index contributed by atoms with van der Waals surface area (Å²) in [7, 11) is 0. The normalized spacial score (nSPS) is 25.6. The zero-order valence-electron chi connectivity index (χ0n) is 9.38. The minimum atomic E-state index is -0.527. The van der Waals surface area contributed by atoms with Crippen LogP contribution in [0.3, 0.4) is 0 Å². The van der Waals surface area contributed by atoms with Crippen LogP contribution in [0.5, 0.6) is 0 Å². The molecule has 0 amide bonds. The first-order chi connectivity index (χ1) is 7.68. The molecular weight excluding hydrogens is 222 g/mol. The van der Waals surface area contributed by atoms with Gasteiger partial charge in [-0.25, -0.2) is 0 Å². The number of aliphatic hydroxyl groups is 1. The molecule has 16 heavy (non-hydrogen) atoms. The summed E-state index contributed by atoms with van der Waals surface area (Å²) in [5.74, 6) is 0. The lowest BCUT2D eigenvalue weighted by Gasteiger charge is -2.32. The Morgan fingerprint density at radius 2 is 2.31 bits per heavy atom. The van der Waals surface area contributed by atoms with E-state index in [2.05, 4.69) is 11.4 Å². The van der Waals surface area contributed by atoms with Crippen molar-refractivity contribution >= 4 is 11.6 Å². The predicted molar refractivity (Wildman–Crippen MR) is 66.8 cm³/mol. The molecule has 2 nitrogen and oxygen atoms in total. The zero-order valence-corrected chi connectivity index (χ0v) is 10.1. The second-order valence-corrected chi connectivity index (χ2v) is 5.07. The highest BCUT2D eigenvalue weighted by atomic mass is 35.5. The lowest BCUT2D eigenvalue weighted by Crippen LogP contribution is -2.45. The molecule has 3 heteroatoms. The molecule has 2 rings (SSSR count). The molecule has 1 fully saturated rings. The summed E-state index contributed by atoms with van der Waals surface area (Å²) in [5, 5.41) is 14.3. The van der Waals surface area contributed by atoms with Gasteiger partial charge >= 0.3 is 0 Å². The summed E-state index contributed by atoms with van der Waals surface area (Å²) in [6, 6.07) is 7.87. The van der Waals surface area contributed by atoms with E-state index in [1.165, 1.54) is 5.56 Å². The van der Waals surface area contributed by atoms with Crippen molar-refractivity contribution in [2.75, 3.05) is 13.1 Å². The largest absolute Gasteiger partial charge is 0.389 e. The van der Waals surface area contributed by atoms with Gasteiger partial charge in [0.25, 0.3) is 0 Å². The van der Waals surface area contributed by atoms with Gasteiger partial charge in [-0.3, -0.25) is 0 Å². The Morgan fingerprint density at radius 3 is 3.00 bits per heavy atom. The van der Waals surface area contributed by atoms with Gasteiger partial charge < -0.3 is 10.4 Å². The topological polar surface area (TPSA) is 32.3 Å². The van der Waals surface area contributed by atoms with Crippen LogP contribution in [0.4, 0.5) is 0 Å². The second kappa shape index (κ2) is 5.17. The van der Waals surface area contributed by atoms with Gasteiger partial charge in [0, 0.05) is 11.6 Å². The van der Waals surface area contributed by atoms with Crippen LogP contribution in [0.1, 0.15) is 24.8 Å². The molecule has 1 aliphatic heterocycles. The molecule has 0 aromatic heterocycles. The Kier molecular flexibility index (Phi) is 3.85.